The Labute approximate surface area is 156 Å². The molecule has 1 rings (SSSR count). The van der Waals surface area contributed by atoms with E-state index in [0.717, 1.165) is 24.2 Å². The quantitative estimate of drug-likeness (QED) is 0.210. The highest BCUT2D eigenvalue weighted by Crippen LogP contribution is 2.20. The Bertz CT molecular complexity index is 682. The van der Waals surface area contributed by atoms with E-state index in [1.165, 1.54) is 17.2 Å². The lowest BCUT2D eigenvalue weighted by Crippen LogP contribution is -2.15. The maximum Gasteiger partial charge on any atom is 0.267 e. The number of carbonyl (C=O) groups is 1. The first-order chi connectivity index (χ1) is 12.5. The number of hydrogen-bond acceptors (Lipinski definition) is 3. The molecule has 0 heterocycles. The molecule has 1 aromatic rings. The molecule has 140 valence electrons. The summed E-state index contributed by atoms with van der Waals surface area (Å²) in [6, 6.07) is 8.03. The van der Waals surface area contributed by atoms with E-state index in [2.05, 4.69) is 44.2 Å². The van der Waals surface area contributed by atoms with Crippen LogP contribution in [0.25, 0.3) is 5.57 Å². The second kappa shape index (κ2) is 11.9. The summed E-state index contributed by atoms with van der Waals surface area (Å²) in [5.74, 6) is 0.233. The Hall–Kier alpha value is -2.59. The summed E-state index contributed by atoms with van der Waals surface area (Å²) in [5, 5.41) is 8.46. The largest absolute Gasteiger partial charge is 0.487 e. The maximum atomic E-state index is 11.0. The van der Waals surface area contributed by atoms with Gasteiger partial charge in [-0.25, -0.2) is 5.48 Å². The number of nitrogens with one attached hydrogen (secondary N) is 1. The van der Waals surface area contributed by atoms with Crippen LogP contribution in [0.3, 0.4) is 0 Å². The molecule has 0 saturated carbocycles. The fraction of sp³-hybridized carbons (Fsp3) is 0.318. The zero-order valence-corrected chi connectivity index (χ0v) is 16.0. The van der Waals surface area contributed by atoms with Crippen molar-refractivity contribution >= 4 is 11.5 Å². The molecular formula is C22H29NO3. The van der Waals surface area contributed by atoms with Crippen LogP contribution in [-0.2, 0) is 4.79 Å². The molecule has 1 unspecified atom stereocenters. The summed E-state index contributed by atoms with van der Waals surface area (Å²) in [7, 11) is 0. The second-order valence-corrected chi connectivity index (χ2v) is 6.07. The Kier molecular flexibility index (Phi) is 9.80. The third-order valence-corrected chi connectivity index (χ3v) is 3.70. The predicted molar refractivity (Wildman–Crippen MR) is 107 cm³/mol. The van der Waals surface area contributed by atoms with Crippen molar-refractivity contribution in [2.24, 2.45) is 0 Å². The van der Waals surface area contributed by atoms with Crippen molar-refractivity contribution in [2.45, 2.75) is 46.6 Å². The highest BCUT2D eigenvalue weighted by atomic mass is 16.5. The minimum atomic E-state index is -0.560. The van der Waals surface area contributed by atoms with Gasteiger partial charge in [0.2, 0.25) is 0 Å². The topological polar surface area (TPSA) is 58.6 Å². The van der Waals surface area contributed by atoms with Gasteiger partial charge in [-0.05, 0) is 63.0 Å². The van der Waals surface area contributed by atoms with Gasteiger partial charge in [-0.15, -0.1) is 0 Å². The van der Waals surface area contributed by atoms with E-state index >= 15 is 0 Å². The number of benzene rings is 1. The maximum absolute atomic E-state index is 11.0. The van der Waals surface area contributed by atoms with Crippen LogP contribution < -0.4 is 10.2 Å². The number of amides is 1. The lowest BCUT2D eigenvalue weighted by atomic mass is 10.1. The average Bonchev–Trinajstić information content (AvgIpc) is 2.63. The SMILES string of the molecule is CC/C=C\C/C=C(\C)c1ccc(OC(C)/C=C(C)/C=C/C(=O)NO)cc1. The molecule has 4 heteroatoms. The molecule has 0 fully saturated rings. The Balaban J connectivity index is 2.64. The highest BCUT2D eigenvalue weighted by molar-refractivity contribution is 5.86. The molecule has 1 aromatic carbocycles. The molecule has 0 aliphatic heterocycles. The number of allylic oxidation sites excluding steroid dienone is 6. The molecule has 26 heavy (non-hydrogen) atoms. The van der Waals surface area contributed by atoms with Gasteiger partial charge in [0, 0.05) is 6.08 Å². The van der Waals surface area contributed by atoms with E-state index in [9.17, 15) is 4.79 Å². The fourth-order valence-corrected chi connectivity index (χ4v) is 2.34. The van der Waals surface area contributed by atoms with E-state index in [0.29, 0.717) is 0 Å². The lowest BCUT2D eigenvalue weighted by molar-refractivity contribution is -0.124. The number of rotatable bonds is 9. The van der Waals surface area contributed by atoms with Crippen LogP contribution >= 0.6 is 0 Å². The van der Waals surface area contributed by atoms with E-state index in [1.54, 1.807) is 11.6 Å². The summed E-state index contributed by atoms with van der Waals surface area (Å²) in [6.45, 7) is 8.04. The molecule has 0 aliphatic rings. The van der Waals surface area contributed by atoms with E-state index in [4.69, 9.17) is 9.94 Å². The van der Waals surface area contributed by atoms with Crippen molar-refractivity contribution in [1.29, 1.82) is 0 Å². The van der Waals surface area contributed by atoms with Crippen LogP contribution in [-0.4, -0.2) is 17.2 Å². The third kappa shape index (κ3) is 8.49. The van der Waals surface area contributed by atoms with Gasteiger partial charge in [0.05, 0.1) is 0 Å². The van der Waals surface area contributed by atoms with Crippen molar-refractivity contribution in [3.63, 3.8) is 0 Å². The van der Waals surface area contributed by atoms with Gasteiger partial charge >= 0.3 is 0 Å². The van der Waals surface area contributed by atoms with Crippen LogP contribution in [0.1, 0.15) is 46.1 Å². The zero-order valence-electron chi connectivity index (χ0n) is 16.0. The van der Waals surface area contributed by atoms with Crippen molar-refractivity contribution in [3.05, 3.63) is 71.9 Å². The molecule has 0 bridgehead atoms. The van der Waals surface area contributed by atoms with Crippen LogP contribution in [0.5, 0.6) is 5.75 Å². The van der Waals surface area contributed by atoms with Gasteiger partial charge in [-0.2, -0.15) is 0 Å². The van der Waals surface area contributed by atoms with Crippen LogP contribution in [0.2, 0.25) is 0 Å². The average molecular weight is 355 g/mol. The fourth-order valence-electron chi connectivity index (χ4n) is 2.34. The number of carbonyl (C=O) groups excluding carboxylic acids is 1. The van der Waals surface area contributed by atoms with Gasteiger partial charge in [-0.3, -0.25) is 10.0 Å². The minimum Gasteiger partial charge on any atom is -0.487 e. The monoisotopic (exact) mass is 355 g/mol. The van der Waals surface area contributed by atoms with Crippen LogP contribution in [0, 0.1) is 0 Å². The molecule has 2 N–H and O–H groups in total. The Morgan fingerprint density at radius 1 is 1.19 bits per heavy atom. The molecule has 1 amide bonds. The summed E-state index contributed by atoms with van der Waals surface area (Å²) >= 11 is 0. The Morgan fingerprint density at radius 3 is 2.50 bits per heavy atom. The molecule has 0 aromatic heterocycles. The van der Waals surface area contributed by atoms with Crippen molar-refractivity contribution in [3.8, 4) is 5.75 Å². The number of ether oxygens (including phenoxy) is 1. The van der Waals surface area contributed by atoms with Crippen LogP contribution in [0.15, 0.2) is 66.3 Å². The normalized spacial score (nSPS) is 14.0. The molecule has 0 radical (unpaired) electrons. The predicted octanol–water partition coefficient (Wildman–Crippen LogP) is 5.22. The summed E-state index contributed by atoms with van der Waals surface area (Å²) in [5.41, 5.74) is 4.85. The van der Waals surface area contributed by atoms with Gasteiger partial charge in [-0.1, -0.05) is 48.9 Å². The van der Waals surface area contributed by atoms with Crippen LogP contribution in [0.4, 0.5) is 0 Å². The van der Waals surface area contributed by atoms with E-state index < -0.39 is 5.91 Å². The molecule has 0 saturated heterocycles. The first kappa shape index (κ1) is 21.5. The van der Waals surface area contributed by atoms with Gasteiger partial charge in [0.15, 0.2) is 0 Å². The van der Waals surface area contributed by atoms with Gasteiger partial charge in [0.1, 0.15) is 11.9 Å². The van der Waals surface area contributed by atoms with Gasteiger partial charge < -0.3 is 4.74 Å². The minimum absolute atomic E-state index is 0.140. The summed E-state index contributed by atoms with van der Waals surface area (Å²) in [6.07, 6.45) is 13.2. The number of hydrogen-bond donors (Lipinski definition) is 2. The summed E-state index contributed by atoms with van der Waals surface area (Å²) in [4.78, 5) is 11.0. The highest BCUT2D eigenvalue weighted by Gasteiger charge is 2.02. The van der Waals surface area contributed by atoms with Crippen molar-refractivity contribution in [2.75, 3.05) is 0 Å². The van der Waals surface area contributed by atoms with E-state index in [-0.39, 0.29) is 6.10 Å². The molecule has 0 spiro atoms. The molecule has 0 aliphatic carbocycles. The zero-order chi connectivity index (χ0) is 19.4. The smallest absolute Gasteiger partial charge is 0.267 e. The van der Waals surface area contributed by atoms with Crippen molar-refractivity contribution in [1.82, 2.24) is 5.48 Å². The second-order valence-electron chi connectivity index (χ2n) is 6.07. The van der Waals surface area contributed by atoms with E-state index in [1.807, 2.05) is 32.1 Å². The number of hydroxylamine groups is 1. The Morgan fingerprint density at radius 2 is 1.88 bits per heavy atom. The first-order valence-electron chi connectivity index (χ1n) is 8.85. The molecule has 4 nitrogen and oxygen atoms in total. The molecule has 1 atom stereocenters. The van der Waals surface area contributed by atoms with Crippen molar-refractivity contribution < 1.29 is 14.7 Å². The lowest BCUT2D eigenvalue weighted by Gasteiger charge is -2.12. The standard InChI is InChI=1S/C22H29NO3/c1-5-6-7-8-9-18(3)20-11-13-21(14-12-20)26-19(4)16-17(2)10-15-22(24)23-25/h6-7,9-16,19,25H,5,8H2,1-4H3,(H,23,24)/b7-6-,15-10+,17-16+,18-9+. The summed E-state index contributed by atoms with van der Waals surface area (Å²) < 4.78 is 5.88. The van der Waals surface area contributed by atoms with Gasteiger partial charge in [0.25, 0.3) is 5.91 Å². The third-order valence-electron chi connectivity index (χ3n) is 3.70. The first-order valence-corrected chi connectivity index (χ1v) is 8.85. The molecular weight excluding hydrogens is 326 g/mol.